The first kappa shape index (κ1) is 19.5. The van der Waals surface area contributed by atoms with Gasteiger partial charge >= 0.3 is 0 Å². The molecule has 1 aliphatic rings. The number of imidazole rings is 1. The fourth-order valence-corrected chi connectivity index (χ4v) is 3.55. The summed E-state index contributed by atoms with van der Waals surface area (Å²) in [6.07, 6.45) is -0.622. The third kappa shape index (κ3) is 3.51. The minimum Gasteiger partial charge on any atom is -0.508 e. The summed E-state index contributed by atoms with van der Waals surface area (Å²) in [5.74, 6) is 0.714. The van der Waals surface area contributed by atoms with Crippen LogP contribution >= 0.6 is 0 Å². The highest BCUT2D eigenvalue weighted by molar-refractivity contribution is 5.83. The van der Waals surface area contributed by atoms with Gasteiger partial charge in [-0.2, -0.15) is 0 Å². The predicted octanol–water partition coefficient (Wildman–Crippen LogP) is 0.707. The molecule has 4 rings (SSSR count). The molecule has 1 aromatic carbocycles. The number of phenolic OH excluding ortho intramolecular Hbond substituents is 1. The molecule has 1 aliphatic heterocycles. The van der Waals surface area contributed by atoms with Crippen molar-refractivity contribution in [2.45, 2.75) is 43.9 Å². The van der Waals surface area contributed by atoms with Crippen molar-refractivity contribution in [3.05, 3.63) is 42.5 Å². The summed E-state index contributed by atoms with van der Waals surface area (Å²) in [7, 11) is 0. The molecule has 1 saturated heterocycles. The Bertz CT molecular complexity index is 979. The van der Waals surface area contributed by atoms with Gasteiger partial charge in [0.2, 0.25) is 0 Å². The van der Waals surface area contributed by atoms with E-state index in [1.807, 2.05) is 19.1 Å². The third-order valence-corrected chi connectivity index (χ3v) is 5.16. The SMILES string of the molecule is CCC(Nc1ncnc2c1ncn2[C@@H]1O[C@H](CO)[C@@H](O)[C@H]1O)c1ccc(O)cc1. The van der Waals surface area contributed by atoms with Crippen LogP contribution in [0.25, 0.3) is 11.2 Å². The zero-order valence-corrected chi connectivity index (χ0v) is 15.8. The third-order valence-electron chi connectivity index (χ3n) is 5.16. The van der Waals surface area contributed by atoms with E-state index in [4.69, 9.17) is 4.74 Å². The number of aliphatic hydroxyl groups excluding tert-OH is 3. The van der Waals surface area contributed by atoms with E-state index in [1.54, 1.807) is 12.1 Å². The van der Waals surface area contributed by atoms with Gasteiger partial charge in [0.15, 0.2) is 23.2 Å². The molecule has 0 spiro atoms. The number of aliphatic hydroxyl groups is 3. The Hall–Kier alpha value is -2.79. The summed E-state index contributed by atoms with van der Waals surface area (Å²) >= 11 is 0. The molecule has 5 N–H and O–H groups in total. The summed E-state index contributed by atoms with van der Waals surface area (Å²) in [5, 5.41) is 42.5. The van der Waals surface area contributed by atoms with Gasteiger partial charge in [0.25, 0.3) is 0 Å². The van der Waals surface area contributed by atoms with Gasteiger partial charge in [-0.3, -0.25) is 4.57 Å². The second-order valence-corrected chi connectivity index (χ2v) is 6.97. The number of hydrogen-bond donors (Lipinski definition) is 5. The van der Waals surface area contributed by atoms with Crippen molar-refractivity contribution >= 4 is 17.0 Å². The van der Waals surface area contributed by atoms with Gasteiger partial charge in [-0.15, -0.1) is 0 Å². The molecule has 3 heterocycles. The fourth-order valence-electron chi connectivity index (χ4n) is 3.55. The van der Waals surface area contributed by atoms with Crippen molar-refractivity contribution in [1.82, 2.24) is 19.5 Å². The van der Waals surface area contributed by atoms with Gasteiger partial charge in [0, 0.05) is 0 Å². The van der Waals surface area contributed by atoms with Crippen molar-refractivity contribution in [2.75, 3.05) is 11.9 Å². The van der Waals surface area contributed by atoms with Crippen LogP contribution in [0.4, 0.5) is 5.82 Å². The zero-order chi connectivity index (χ0) is 20.5. The molecule has 0 aliphatic carbocycles. The minimum atomic E-state index is -1.23. The van der Waals surface area contributed by atoms with Crippen LogP contribution in [-0.2, 0) is 4.74 Å². The van der Waals surface area contributed by atoms with Crippen LogP contribution in [0.2, 0.25) is 0 Å². The number of rotatable bonds is 6. The lowest BCUT2D eigenvalue weighted by atomic mass is 10.0. The first-order chi connectivity index (χ1) is 14.0. The molecule has 0 bridgehead atoms. The number of fused-ring (bicyclic) bond motifs is 1. The normalized spacial score (nSPS) is 25.4. The quantitative estimate of drug-likeness (QED) is 0.403. The minimum absolute atomic E-state index is 0.0623. The number of aromatic nitrogens is 4. The summed E-state index contributed by atoms with van der Waals surface area (Å²) in [6.45, 7) is 1.62. The molecule has 10 heteroatoms. The molecule has 10 nitrogen and oxygen atoms in total. The molecule has 0 saturated carbocycles. The monoisotopic (exact) mass is 401 g/mol. The van der Waals surface area contributed by atoms with Crippen LogP contribution < -0.4 is 5.32 Å². The van der Waals surface area contributed by atoms with E-state index in [2.05, 4.69) is 20.3 Å². The average Bonchev–Trinajstić information content (AvgIpc) is 3.28. The molecule has 1 unspecified atom stereocenters. The highest BCUT2D eigenvalue weighted by atomic mass is 16.6. The first-order valence-electron chi connectivity index (χ1n) is 9.39. The Kier molecular flexibility index (Phi) is 5.33. The molecule has 2 aromatic heterocycles. The molecule has 1 fully saturated rings. The lowest BCUT2D eigenvalue weighted by Gasteiger charge is -2.19. The Morgan fingerprint density at radius 1 is 1.14 bits per heavy atom. The van der Waals surface area contributed by atoms with Crippen LogP contribution in [0.15, 0.2) is 36.9 Å². The summed E-state index contributed by atoms with van der Waals surface area (Å²) in [4.78, 5) is 12.9. The molecule has 0 radical (unpaired) electrons. The van der Waals surface area contributed by atoms with Gasteiger partial charge in [-0.1, -0.05) is 19.1 Å². The Labute approximate surface area is 166 Å². The molecule has 5 atom stereocenters. The molecular weight excluding hydrogens is 378 g/mol. The Balaban J connectivity index is 1.65. The number of nitrogens with one attached hydrogen (secondary N) is 1. The number of anilines is 1. The number of phenols is 1. The largest absolute Gasteiger partial charge is 0.508 e. The van der Waals surface area contributed by atoms with Crippen molar-refractivity contribution in [3.63, 3.8) is 0 Å². The number of nitrogens with zero attached hydrogens (tertiary/aromatic N) is 4. The van der Waals surface area contributed by atoms with Gasteiger partial charge in [0.05, 0.1) is 19.0 Å². The topological polar surface area (TPSA) is 146 Å². The number of ether oxygens (including phenoxy) is 1. The lowest BCUT2D eigenvalue weighted by molar-refractivity contribution is -0.0511. The van der Waals surface area contributed by atoms with Gasteiger partial charge < -0.3 is 30.5 Å². The highest BCUT2D eigenvalue weighted by Crippen LogP contribution is 2.33. The molecule has 3 aromatic rings. The smallest absolute Gasteiger partial charge is 0.167 e. The zero-order valence-electron chi connectivity index (χ0n) is 15.8. The highest BCUT2D eigenvalue weighted by Gasteiger charge is 2.44. The lowest BCUT2D eigenvalue weighted by Crippen LogP contribution is -2.33. The van der Waals surface area contributed by atoms with Crippen molar-refractivity contribution in [3.8, 4) is 5.75 Å². The Morgan fingerprint density at radius 2 is 1.90 bits per heavy atom. The maximum Gasteiger partial charge on any atom is 0.167 e. The van der Waals surface area contributed by atoms with E-state index in [9.17, 15) is 20.4 Å². The summed E-state index contributed by atoms with van der Waals surface area (Å²) < 4.78 is 7.10. The van der Waals surface area contributed by atoms with E-state index in [-0.39, 0.29) is 11.8 Å². The van der Waals surface area contributed by atoms with Crippen LogP contribution in [0.1, 0.15) is 31.2 Å². The number of aromatic hydroxyl groups is 1. The standard InChI is InChI=1S/C19H23N5O5/c1-2-12(10-3-5-11(26)6-4-10)23-17-14-18(21-8-20-17)24(9-22-14)19-16(28)15(27)13(7-25)29-19/h3-6,8-9,12-13,15-16,19,25-28H,2,7H2,1H3,(H,20,21,23)/t12?,13-,15-,16-,19-/m1/s1. The molecule has 154 valence electrons. The van der Waals surface area contributed by atoms with Crippen molar-refractivity contribution in [2.24, 2.45) is 0 Å². The summed E-state index contributed by atoms with van der Waals surface area (Å²) in [5.41, 5.74) is 1.90. The first-order valence-corrected chi connectivity index (χ1v) is 9.39. The van der Waals surface area contributed by atoms with Crippen LogP contribution in [0.5, 0.6) is 5.75 Å². The average molecular weight is 401 g/mol. The second-order valence-electron chi connectivity index (χ2n) is 6.97. The van der Waals surface area contributed by atoms with Gasteiger partial charge in [-0.25, -0.2) is 15.0 Å². The van der Waals surface area contributed by atoms with E-state index in [0.29, 0.717) is 17.0 Å². The van der Waals surface area contributed by atoms with Crippen LogP contribution in [0.3, 0.4) is 0 Å². The van der Waals surface area contributed by atoms with E-state index in [1.165, 1.54) is 17.2 Å². The molecular formula is C19H23N5O5. The van der Waals surface area contributed by atoms with Crippen molar-refractivity contribution in [1.29, 1.82) is 0 Å². The molecule has 29 heavy (non-hydrogen) atoms. The maximum absolute atomic E-state index is 10.3. The van der Waals surface area contributed by atoms with E-state index >= 15 is 0 Å². The van der Waals surface area contributed by atoms with E-state index < -0.39 is 31.1 Å². The Morgan fingerprint density at radius 3 is 2.55 bits per heavy atom. The van der Waals surface area contributed by atoms with Crippen LogP contribution in [0, 0.1) is 0 Å². The second kappa shape index (κ2) is 7.91. The number of benzene rings is 1. The van der Waals surface area contributed by atoms with Crippen molar-refractivity contribution < 1.29 is 25.2 Å². The van der Waals surface area contributed by atoms with Gasteiger partial charge in [-0.05, 0) is 24.1 Å². The fraction of sp³-hybridized carbons (Fsp3) is 0.421. The molecule has 0 amide bonds. The maximum atomic E-state index is 10.3. The van der Waals surface area contributed by atoms with E-state index in [0.717, 1.165) is 12.0 Å². The van der Waals surface area contributed by atoms with Crippen LogP contribution in [-0.4, -0.2) is 64.9 Å². The predicted molar refractivity (Wildman–Crippen MR) is 103 cm³/mol. The van der Waals surface area contributed by atoms with Gasteiger partial charge in [0.1, 0.15) is 30.4 Å². The number of hydrogen-bond acceptors (Lipinski definition) is 9. The summed E-state index contributed by atoms with van der Waals surface area (Å²) in [6, 6.07) is 6.88.